The number of nitrogens with zero attached hydrogens (tertiary/aromatic N) is 6. The summed E-state index contributed by atoms with van der Waals surface area (Å²) in [5.41, 5.74) is 57.3. The predicted molar refractivity (Wildman–Crippen MR) is 458 cm³/mol. The van der Waals surface area contributed by atoms with Crippen molar-refractivity contribution < 1.29 is 47.9 Å². The molecule has 644 valence electrons. The Labute approximate surface area is 692 Å². The van der Waals surface area contributed by atoms with Crippen LogP contribution < -0.4 is 88.4 Å². The van der Waals surface area contributed by atoms with Gasteiger partial charge in [0, 0.05) is 12.8 Å². The van der Waals surface area contributed by atoms with E-state index in [9.17, 15) is 47.9 Å². The van der Waals surface area contributed by atoms with Crippen LogP contribution in [0.3, 0.4) is 0 Å². The number of rotatable bonds is 52. The summed E-state index contributed by atoms with van der Waals surface area (Å²) < 4.78 is 3.51. The summed E-state index contributed by atoms with van der Waals surface area (Å²) in [7, 11) is 0. The molecule has 0 bridgehead atoms. The molecule has 2 aliphatic carbocycles. The Morgan fingerprint density at radius 1 is 0.373 bits per heavy atom. The summed E-state index contributed by atoms with van der Waals surface area (Å²) in [4.78, 5) is 135. The third kappa shape index (κ3) is 26.6. The highest BCUT2D eigenvalue weighted by molar-refractivity contribution is 6.11. The number of unbranched alkanes of at least 4 members (excludes halogenated alkanes) is 6. The Balaban J connectivity index is 0.872. The number of hydrogen-bond acceptors (Lipinski definition) is 22. The van der Waals surface area contributed by atoms with Crippen LogP contribution in [0.25, 0.3) is 44.1 Å². The molecule has 32 heteroatoms. The molecule has 32 nitrogen and oxygen atoms in total. The number of Topliss-reactive ketones (excluding diaryl/α,β-unsaturated/α-hetero) is 2. The van der Waals surface area contributed by atoms with Crippen LogP contribution in [0.1, 0.15) is 216 Å². The Bertz CT molecular complexity index is 4150. The molecule has 0 fully saturated rings. The fourth-order valence-corrected chi connectivity index (χ4v) is 15.6. The van der Waals surface area contributed by atoms with Crippen LogP contribution in [0.2, 0.25) is 0 Å². The second kappa shape index (κ2) is 47.1. The Morgan fingerprint density at radius 2 is 0.678 bits per heavy atom. The maximum atomic E-state index is 14.0. The van der Waals surface area contributed by atoms with E-state index in [1.165, 1.54) is 61.1 Å². The van der Waals surface area contributed by atoms with Crippen LogP contribution in [-0.4, -0.2) is 188 Å². The lowest BCUT2D eigenvalue weighted by atomic mass is 9.85. The zero-order valence-corrected chi connectivity index (χ0v) is 69.9. The maximum Gasteiger partial charge on any atom is 0.243 e. The van der Waals surface area contributed by atoms with Gasteiger partial charge in [0.25, 0.3) is 0 Å². The first-order chi connectivity index (χ1) is 56.7. The number of fused-ring (bicyclic) bond motifs is 6. The molecule has 2 aromatic heterocycles. The van der Waals surface area contributed by atoms with Crippen molar-refractivity contribution in [2.24, 2.45) is 57.7 Å². The number of aryl methyl sites for hydroxylation is 2. The summed E-state index contributed by atoms with van der Waals surface area (Å²) in [5, 5.41) is 44.4. The van der Waals surface area contributed by atoms with Crippen molar-refractivity contribution in [3.05, 3.63) is 107 Å². The molecule has 2 heterocycles. The van der Waals surface area contributed by atoms with Crippen LogP contribution in [0.5, 0.6) is 0 Å². The molecule has 0 aliphatic heterocycles. The number of nitrogens with one attached hydrogen (secondary N) is 8. The summed E-state index contributed by atoms with van der Waals surface area (Å²) in [6.45, 7) is 13.2. The minimum atomic E-state index is -1.07. The molecular weight excluding hydrogens is 1500 g/mol. The number of allylic oxidation sites excluding steroid dienone is 2. The molecule has 24 N–H and O–H groups in total. The SMILES string of the molecule is C[C@H](NC(=O)[C@H](CCCCN)NC(=O)[C@H](C)NC(=O)[C@@H](N)CCCCN)C(=O)N[C@@H](CCCCN)C(=O)CCCc1cn(-c2ccc3c4c(ccc3c2)C[C@@H](C)/C4=C2/c3c(ccc4cc(-n5cc(CCCC(=O)[C@H](CCCCN)NC(=O)[C@H](C)NC(=O)[C@H](CCCCN)NC(=O)[C@H](C)NC(=O)[C@@H](N)CCCCN)nn5)ccc34)C[C@H]2C)nn1. The van der Waals surface area contributed by atoms with Crippen molar-refractivity contribution in [3.63, 3.8) is 0 Å². The van der Waals surface area contributed by atoms with Gasteiger partial charge in [-0.25, -0.2) is 9.36 Å². The molecule has 118 heavy (non-hydrogen) atoms. The van der Waals surface area contributed by atoms with E-state index < -0.39 is 108 Å². The molecular formula is C86H130N22O10. The number of carbonyl (C=O) groups excluding carboxylic acids is 10. The van der Waals surface area contributed by atoms with Gasteiger partial charge in [-0.3, -0.25) is 47.9 Å². The molecule has 6 aromatic rings. The summed E-state index contributed by atoms with van der Waals surface area (Å²) in [6.07, 6.45) is 17.0. The van der Waals surface area contributed by atoms with E-state index in [1.807, 2.05) is 12.4 Å². The van der Waals surface area contributed by atoms with Crippen molar-refractivity contribution in [1.29, 1.82) is 0 Å². The fraction of sp³-hybridized carbons (Fsp3) is 0.581. The van der Waals surface area contributed by atoms with Gasteiger partial charge >= 0.3 is 0 Å². The summed E-state index contributed by atoms with van der Waals surface area (Å²) in [6, 6.07) is 12.1. The van der Waals surface area contributed by atoms with E-state index in [0.29, 0.717) is 179 Å². The van der Waals surface area contributed by atoms with E-state index in [2.05, 4.69) is 138 Å². The zero-order chi connectivity index (χ0) is 85.5. The molecule has 0 saturated heterocycles. The van der Waals surface area contributed by atoms with Crippen LogP contribution in [0, 0.1) is 11.8 Å². The smallest absolute Gasteiger partial charge is 0.243 e. The van der Waals surface area contributed by atoms with Gasteiger partial charge in [-0.05, 0) is 299 Å². The van der Waals surface area contributed by atoms with Crippen LogP contribution in [-0.2, 0) is 73.6 Å². The second-order valence-electron chi connectivity index (χ2n) is 32.1. The van der Waals surface area contributed by atoms with Gasteiger partial charge in [-0.2, -0.15) is 0 Å². The van der Waals surface area contributed by atoms with Gasteiger partial charge in [0.1, 0.15) is 36.3 Å². The number of benzene rings is 4. The standard InChI is InChI=1S/C86H130N22O10/c1-51-45-59-33-31-57-47-63(107-49-61(103-105-107)21-19-29-73(109)69(25-9-15-41-89)99-79(111)55(5)97-85(117)71(27-11-17-43-91)101-81(113)53(3)95-83(115)67(93)23-7-13-39-87)35-37-65(57)77(59)75(51)76-52(2)46-60-34-32-58-48-64(36-38-66(58)78(60)76)108-50-62(104-106-108)22-20-30-74(110)70(26-10-16-42-90)100-80(112)56(6)98-86(118)72(28-12-18-44-92)102-82(114)54(4)96-84(116)68(94)24-8-14-40-88/h31-38,47-56,67-72H,7-30,39-46,87-94H2,1-6H3,(H,95,115)(H,96,116)(H,97,117)(H,98,118)(H,99,111)(H,100,112)(H,101,113)(H,102,114)/b76-75-/t51-,52-,53+,54+,55+,56+,67+,68+,69+,70+,71+,72+/m1/s1. The molecule has 8 amide bonds. The average Bonchev–Trinajstić information content (AvgIpc) is 1.56. The molecule has 8 rings (SSSR count). The third-order valence-corrected chi connectivity index (χ3v) is 22.5. The van der Waals surface area contributed by atoms with Gasteiger partial charge in [0.05, 0.1) is 59.3 Å². The first kappa shape index (κ1) is 93.7. The lowest BCUT2D eigenvalue weighted by Crippen LogP contribution is -2.57. The normalized spacial score (nSPS) is 16.9. The summed E-state index contributed by atoms with van der Waals surface area (Å²) in [5.74, 6) is -4.36. The van der Waals surface area contributed by atoms with Gasteiger partial charge < -0.3 is 88.4 Å². The van der Waals surface area contributed by atoms with Crippen LogP contribution in [0.4, 0.5) is 0 Å². The van der Waals surface area contributed by atoms with E-state index in [0.717, 1.165) is 45.8 Å². The Kier molecular flexibility index (Phi) is 37.4. The van der Waals surface area contributed by atoms with E-state index in [4.69, 9.17) is 45.9 Å². The lowest BCUT2D eigenvalue weighted by Gasteiger charge is -2.25. The molecule has 12 atom stereocenters. The quantitative estimate of drug-likeness (QED) is 0.0242. The second-order valence-corrected chi connectivity index (χ2v) is 32.1. The van der Waals surface area contributed by atoms with Gasteiger partial charge in [-0.15, -0.1) is 10.2 Å². The molecule has 0 saturated carbocycles. The number of ketones is 2. The lowest BCUT2D eigenvalue weighted by molar-refractivity contribution is -0.134. The number of carbonyl (C=O) groups is 10. The van der Waals surface area contributed by atoms with Crippen molar-refractivity contribution in [1.82, 2.24) is 72.5 Å². The van der Waals surface area contributed by atoms with E-state index >= 15 is 0 Å². The molecule has 0 unspecified atom stereocenters. The largest absolute Gasteiger partial charge is 0.345 e. The first-order valence-corrected chi connectivity index (χ1v) is 42.6. The third-order valence-electron chi connectivity index (χ3n) is 22.5. The van der Waals surface area contributed by atoms with E-state index in [1.54, 1.807) is 9.36 Å². The maximum absolute atomic E-state index is 14.0. The highest BCUT2D eigenvalue weighted by Crippen LogP contribution is 2.52. The minimum Gasteiger partial charge on any atom is -0.345 e. The Morgan fingerprint density at radius 3 is 1.01 bits per heavy atom. The highest BCUT2D eigenvalue weighted by atomic mass is 16.2. The summed E-state index contributed by atoms with van der Waals surface area (Å²) >= 11 is 0. The number of nitrogens with two attached hydrogens (primary N) is 8. The number of amides is 8. The topological polar surface area (TPSA) is 537 Å². The van der Waals surface area contributed by atoms with Crippen molar-refractivity contribution >= 4 is 91.5 Å². The molecule has 0 spiro atoms. The number of aromatic nitrogens is 6. The predicted octanol–water partition coefficient (Wildman–Crippen LogP) is 3.62. The average molecular weight is 1630 g/mol. The molecule has 0 radical (unpaired) electrons. The molecule has 2 aliphatic rings. The van der Waals surface area contributed by atoms with Gasteiger partial charge in [0.15, 0.2) is 11.6 Å². The molecule has 4 aromatic carbocycles. The van der Waals surface area contributed by atoms with Crippen LogP contribution >= 0.6 is 0 Å². The van der Waals surface area contributed by atoms with Gasteiger partial charge in [-0.1, -0.05) is 73.5 Å². The Hall–Kier alpha value is -9.80. The zero-order valence-electron chi connectivity index (χ0n) is 69.9. The van der Waals surface area contributed by atoms with E-state index in [-0.39, 0.29) is 49.1 Å². The fourth-order valence-electron chi connectivity index (χ4n) is 15.6. The van der Waals surface area contributed by atoms with Crippen molar-refractivity contribution in [3.8, 4) is 11.4 Å². The van der Waals surface area contributed by atoms with Crippen LogP contribution in [0.15, 0.2) is 73.1 Å². The van der Waals surface area contributed by atoms with Gasteiger partial charge in [0.2, 0.25) is 47.3 Å². The van der Waals surface area contributed by atoms with Crippen molar-refractivity contribution in [2.75, 3.05) is 39.3 Å². The van der Waals surface area contributed by atoms with Crippen molar-refractivity contribution in [2.45, 2.75) is 269 Å². The highest BCUT2D eigenvalue weighted by Gasteiger charge is 2.37. The number of hydrogen-bond donors (Lipinski definition) is 16. The monoisotopic (exact) mass is 1630 g/mol. The first-order valence-electron chi connectivity index (χ1n) is 42.6. The minimum absolute atomic E-state index is 0.144.